The van der Waals surface area contributed by atoms with Crippen molar-refractivity contribution in [1.29, 1.82) is 0 Å². The first kappa shape index (κ1) is 35.6. The second kappa shape index (κ2) is 15.9. The summed E-state index contributed by atoms with van der Waals surface area (Å²) in [4.78, 5) is 0. The van der Waals surface area contributed by atoms with Crippen LogP contribution in [-0.2, 0) is 0 Å². The Morgan fingerprint density at radius 2 is 0.768 bits per heavy atom. The van der Waals surface area contributed by atoms with Crippen LogP contribution in [-0.4, -0.2) is 9.13 Å². The molecule has 0 radical (unpaired) electrons. The molecule has 0 saturated carbocycles. The standard InChI is InChI=1S/C46H30N2.2C4H6/c1-2-15-34(16-3-1)47-42-22-9-7-19-38(42)40-29-32(25-27-45(40)47)33-26-28-46-41(30-33)39-20-8-11-24-44(39)48(46)43-23-10-6-18-37(43)36-21-12-14-31-13-4-5-17-35(31)36;2*1-3-4-2/h1-30H;2*3-4H,1-2H2. The van der Waals surface area contributed by atoms with Crippen LogP contribution in [0, 0.1) is 0 Å². The van der Waals surface area contributed by atoms with Crippen LogP contribution in [0.4, 0.5) is 0 Å². The Morgan fingerprint density at radius 1 is 0.321 bits per heavy atom. The van der Waals surface area contributed by atoms with Crippen molar-refractivity contribution in [2.45, 2.75) is 0 Å². The third-order valence-electron chi connectivity index (χ3n) is 10.3. The Bertz CT molecular complexity index is 3020. The fraction of sp³-hybridized carbons (Fsp3) is 0. The molecule has 0 N–H and O–H groups in total. The van der Waals surface area contributed by atoms with Crippen molar-refractivity contribution in [3.8, 4) is 33.6 Å². The maximum Gasteiger partial charge on any atom is 0.0541 e. The maximum absolute atomic E-state index is 3.36. The van der Waals surface area contributed by atoms with Crippen molar-refractivity contribution in [1.82, 2.24) is 9.13 Å². The lowest BCUT2D eigenvalue weighted by Crippen LogP contribution is -1.97. The van der Waals surface area contributed by atoms with Gasteiger partial charge in [0.25, 0.3) is 0 Å². The first-order valence-corrected chi connectivity index (χ1v) is 18.8. The molecule has 0 aliphatic heterocycles. The van der Waals surface area contributed by atoms with Crippen LogP contribution >= 0.6 is 0 Å². The number of hydrogen-bond donors (Lipinski definition) is 0. The van der Waals surface area contributed by atoms with Crippen LogP contribution in [0.2, 0.25) is 0 Å². The zero-order chi connectivity index (χ0) is 38.4. The van der Waals surface area contributed by atoms with E-state index in [0.29, 0.717) is 0 Å². The minimum absolute atomic E-state index is 1.18. The van der Waals surface area contributed by atoms with E-state index in [9.17, 15) is 0 Å². The van der Waals surface area contributed by atoms with Gasteiger partial charge in [0.2, 0.25) is 0 Å². The third-order valence-corrected chi connectivity index (χ3v) is 10.3. The molecule has 268 valence electrons. The van der Waals surface area contributed by atoms with Crippen molar-refractivity contribution in [3.63, 3.8) is 0 Å². The monoisotopic (exact) mass is 718 g/mol. The molecule has 2 aromatic heterocycles. The van der Waals surface area contributed by atoms with E-state index >= 15 is 0 Å². The number of fused-ring (bicyclic) bond motifs is 7. The highest BCUT2D eigenvalue weighted by atomic mass is 15.0. The summed E-state index contributed by atoms with van der Waals surface area (Å²) in [6, 6.07) is 66.2. The molecule has 10 rings (SSSR count). The minimum atomic E-state index is 1.18. The summed E-state index contributed by atoms with van der Waals surface area (Å²) >= 11 is 0. The summed E-state index contributed by atoms with van der Waals surface area (Å²) in [7, 11) is 0. The first-order chi connectivity index (χ1) is 27.7. The van der Waals surface area contributed by atoms with Gasteiger partial charge in [-0.15, -0.1) is 0 Å². The molecule has 0 fully saturated rings. The van der Waals surface area contributed by atoms with Gasteiger partial charge in [0.1, 0.15) is 0 Å². The van der Waals surface area contributed by atoms with E-state index in [4.69, 9.17) is 0 Å². The van der Waals surface area contributed by atoms with Crippen LogP contribution in [0.3, 0.4) is 0 Å². The Labute approximate surface area is 328 Å². The average molecular weight is 719 g/mol. The van der Waals surface area contributed by atoms with Gasteiger partial charge in [-0.05, 0) is 82.1 Å². The van der Waals surface area contributed by atoms with E-state index < -0.39 is 0 Å². The normalized spacial score (nSPS) is 10.8. The number of hydrogen-bond acceptors (Lipinski definition) is 0. The van der Waals surface area contributed by atoms with Gasteiger partial charge >= 0.3 is 0 Å². The summed E-state index contributed by atoms with van der Waals surface area (Å²) in [5.41, 5.74) is 12.1. The lowest BCUT2D eigenvalue weighted by atomic mass is 9.97. The van der Waals surface area contributed by atoms with Crippen molar-refractivity contribution in [2.24, 2.45) is 0 Å². The first-order valence-electron chi connectivity index (χ1n) is 18.8. The molecule has 2 heteroatoms. The van der Waals surface area contributed by atoms with Gasteiger partial charge in [-0.3, -0.25) is 0 Å². The molecule has 2 nitrogen and oxygen atoms in total. The van der Waals surface area contributed by atoms with Crippen LogP contribution in [0.25, 0.3) is 88.0 Å². The number of para-hydroxylation sites is 4. The maximum atomic E-state index is 3.36. The number of aromatic nitrogens is 2. The van der Waals surface area contributed by atoms with E-state index in [-0.39, 0.29) is 0 Å². The van der Waals surface area contributed by atoms with E-state index in [1.165, 1.54) is 88.0 Å². The van der Waals surface area contributed by atoms with Gasteiger partial charge in [0.05, 0.1) is 27.8 Å². The fourth-order valence-electron chi connectivity index (χ4n) is 7.78. The molecule has 0 bridgehead atoms. The van der Waals surface area contributed by atoms with Crippen molar-refractivity contribution in [3.05, 3.63) is 233 Å². The summed E-state index contributed by atoms with van der Waals surface area (Å²) in [5, 5.41) is 7.55. The summed E-state index contributed by atoms with van der Waals surface area (Å²) < 4.78 is 4.82. The quantitative estimate of drug-likeness (QED) is 0.152. The van der Waals surface area contributed by atoms with E-state index in [1.54, 1.807) is 24.3 Å². The lowest BCUT2D eigenvalue weighted by Gasteiger charge is -2.15. The Kier molecular flexibility index (Phi) is 10.1. The Morgan fingerprint density at radius 3 is 1.39 bits per heavy atom. The zero-order valence-electron chi connectivity index (χ0n) is 31.4. The van der Waals surface area contributed by atoms with E-state index in [0.717, 1.165) is 0 Å². The molecule has 0 spiro atoms. The Balaban J connectivity index is 0.000000507. The highest BCUT2D eigenvalue weighted by Gasteiger charge is 2.18. The zero-order valence-corrected chi connectivity index (χ0v) is 31.4. The minimum Gasteiger partial charge on any atom is -0.309 e. The third kappa shape index (κ3) is 6.44. The van der Waals surface area contributed by atoms with Crippen molar-refractivity contribution in [2.75, 3.05) is 0 Å². The Hall–Kier alpha value is -7.42. The molecular formula is C54H42N2. The molecule has 0 amide bonds. The summed E-state index contributed by atoms with van der Waals surface area (Å²) in [5.74, 6) is 0. The van der Waals surface area contributed by atoms with Crippen LogP contribution in [0.15, 0.2) is 233 Å². The molecule has 0 saturated heterocycles. The predicted octanol–water partition coefficient (Wildman–Crippen LogP) is 15.1. The van der Waals surface area contributed by atoms with E-state index in [1.807, 2.05) is 0 Å². The van der Waals surface area contributed by atoms with Gasteiger partial charge in [0.15, 0.2) is 0 Å². The van der Waals surface area contributed by atoms with Crippen molar-refractivity contribution < 1.29 is 0 Å². The molecule has 2 heterocycles. The molecule has 0 atom stereocenters. The van der Waals surface area contributed by atoms with Gasteiger partial charge in [-0.1, -0.05) is 178 Å². The largest absolute Gasteiger partial charge is 0.309 e. The smallest absolute Gasteiger partial charge is 0.0541 e. The highest BCUT2D eigenvalue weighted by Crippen LogP contribution is 2.40. The number of rotatable bonds is 6. The second-order valence-electron chi connectivity index (χ2n) is 13.5. The molecular weight excluding hydrogens is 677 g/mol. The second-order valence-corrected chi connectivity index (χ2v) is 13.5. The predicted molar refractivity (Wildman–Crippen MR) is 244 cm³/mol. The summed E-state index contributed by atoms with van der Waals surface area (Å²) in [6.45, 7) is 13.4. The van der Waals surface area contributed by atoms with Gasteiger partial charge in [-0.25, -0.2) is 0 Å². The van der Waals surface area contributed by atoms with Gasteiger partial charge in [0, 0.05) is 32.8 Å². The number of allylic oxidation sites excluding steroid dienone is 4. The topological polar surface area (TPSA) is 9.86 Å². The average Bonchev–Trinajstić information content (AvgIpc) is 3.79. The van der Waals surface area contributed by atoms with Gasteiger partial charge in [-0.2, -0.15) is 0 Å². The lowest BCUT2D eigenvalue weighted by molar-refractivity contribution is 1.18. The van der Waals surface area contributed by atoms with E-state index in [2.05, 4.69) is 217 Å². The molecule has 56 heavy (non-hydrogen) atoms. The molecule has 8 aromatic carbocycles. The SMILES string of the molecule is C=CC=C.C=CC=C.c1ccc(-n2c3ccccc3c3cc(-c4ccc5c(c4)c4ccccc4n5-c4ccccc4-c4cccc5ccccc45)ccc32)cc1. The van der Waals surface area contributed by atoms with Crippen molar-refractivity contribution >= 4 is 54.4 Å². The molecule has 0 aliphatic rings. The summed E-state index contributed by atoms with van der Waals surface area (Å²) in [6.07, 6.45) is 6.56. The molecule has 10 aromatic rings. The van der Waals surface area contributed by atoms with Crippen LogP contribution in [0.1, 0.15) is 0 Å². The number of benzene rings is 8. The molecule has 0 aliphatic carbocycles. The van der Waals surface area contributed by atoms with Crippen LogP contribution in [0.5, 0.6) is 0 Å². The number of nitrogens with zero attached hydrogens (tertiary/aromatic N) is 2. The van der Waals surface area contributed by atoms with Crippen LogP contribution < -0.4 is 0 Å². The van der Waals surface area contributed by atoms with Gasteiger partial charge < -0.3 is 9.13 Å². The highest BCUT2D eigenvalue weighted by molar-refractivity contribution is 6.13. The fourth-order valence-corrected chi connectivity index (χ4v) is 7.78. The molecule has 0 unspecified atom stereocenters.